The largest absolute Gasteiger partial charge is 0.344 e. The van der Waals surface area contributed by atoms with Gasteiger partial charge in [-0.05, 0) is 56.1 Å². The number of halogens is 1. The molecule has 1 aliphatic rings. The molecule has 0 saturated carbocycles. The molecule has 0 spiro atoms. The fourth-order valence-corrected chi connectivity index (χ4v) is 4.37. The van der Waals surface area contributed by atoms with E-state index in [-0.39, 0.29) is 0 Å². The first kappa shape index (κ1) is 16.7. The Hall–Kier alpha value is -1.77. The number of para-hydroxylation sites is 1. The lowest BCUT2D eigenvalue weighted by Crippen LogP contribution is -2.31. The zero-order valence-electron chi connectivity index (χ0n) is 15.2. The third-order valence-corrected chi connectivity index (χ3v) is 6.00. The minimum Gasteiger partial charge on any atom is -0.344 e. The Balaban J connectivity index is 1.79. The van der Waals surface area contributed by atoms with Crippen LogP contribution in [0.3, 0.4) is 0 Å². The molecule has 2 nitrogen and oxygen atoms in total. The van der Waals surface area contributed by atoms with Crippen LogP contribution in [0.15, 0.2) is 42.5 Å². The van der Waals surface area contributed by atoms with Crippen LogP contribution in [0.1, 0.15) is 35.3 Å². The van der Waals surface area contributed by atoms with E-state index in [1.807, 2.05) is 12.1 Å². The molecule has 0 fully saturated rings. The molecule has 4 rings (SSSR count). The van der Waals surface area contributed by atoms with Crippen molar-refractivity contribution in [2.24, 2.45) is 0 Å². The molecule has 2 aromatic carbocycles. The number of aryl methyl sites for hydroxylation is 3. The first-order valence-electron chi connectivity index (χ1n) is 9.11. The van der Waals surface area contributed by atoms with E-state index in [0.29, 0.717) is 6.04 Å². The van der Waals surface area contributed by atoms with E-state index in [2.05, 4.69) is 60.7 Å². The zero-order chi connectivity index (χ0) is 17.6. The minimum absolute atomic E-state index is 0.477. The number of likely N-dealkylation sites (N-methyl/N-ethyl adjacent to an activating group) is 1. The van der Waals surface area contributed by atoms with Gasteiger partial charge in [-0.25, -0.2) is 0 Å². The second kappa shape index (κ2) is 6.51. The van der Waals surface area contributed by atoms with Gasteiger partial charge >= 0.3 is 0 Å². The summed E-state index contributed by atoms with van der Waals surface area (Å²) in [5, 5.41) is 2.24. The number of hydrogen-bond donors (Lipinski definition) is 0. The van der Waals surface area contributed by atoms with Crippen LogP contribution in [-0.2, 0) is 19.4 Å². The number of hydrogen-bond acceptors (Lipinski definition) is 1. The molecule has 1 aromatic heterocycles. The third kappa shape index (κ3) is 2.88. The van der Waals surface area contributed by atoms with Crippen LogP contribution < -0.4 is 0 Å². The first-order chi connectivity index (χ1) is 12.1. The fraction of sp³-hybridized carbons (Fsp3) is 0.364. The van der Waals surface area contributed by atoms with E-state index in [0.717, 1.165) is 31.0 Å². The van der Waals surface area contributed by atoms with Crippen LogP contribution in [-0.4, -0.2) is 23.1 Å². The van der Waals surface area contributed by atoms with Crippen LogP contribution in [0, 0.1) is 6.92 Å². The van der Waals surface area contributed by atoms with E-state index >= 15 is 0 Å². The van der Waals surface area contributed by atoms with Crippen molar-refractivity contribution in [1.82, 2.24) is 9.47 Å². The summed E-state index contributed by atoms with van der Waals surface area (Å²) in [6.07, 6.45) is 2.16. The molecular weight excluding hydrogens is 328 g/mol. The second-order valence-corrected chi connectivity index (χ2v) is 7.70. The summed E-state index contributed by atoms with van der Waals surface area (Å²) in [7, 11) is 2.24. The third-order valence-electron chi connectivity index (χ3n) is 5.75. The molecule has 1 unspecified atom stereocenters. The summed E-state index contributed by atoms with van der Waals surface area (Å²) in [5.74, 6) is 0. The lowest BCUT2D eigenvalue weighted by Gasteiger charge is -2.31. The lowest BCUT2D eigenvalue weighted by atomic mass is 9.97. The van der Waals surface area contributed by atoms with Gasteiger partial charge in [0, 0.05) is 41.7 Å². The maximum absolute atomic E-state index is 6.02. The topological polar surface area (TPSA) is 8.17 Å². The lowest BCUT2D eigenvalue weighted by molar-refractivity contribution is 0.245. The average Bonchev–Trinajstić information content (AvgIpc) is 2.93. The monoisotopic (exact) mass is 352 g/mol. The summed E-state index contributed by atoms with van der Waals surface area (Å²) >= 11 is 6.02. The Kier molecular flexibility index (Phi) is 4.35. The predicted octanol–water partition coefficient (Wildman–Crippen LogP) is 5.39. The Morgan fingerprint density at radius 1 is 1.12 bits per heavy atom. The van der Waals surface area contributed by atoms with Crippen molar-refractivity contribution in [3.63, 3.8) is 0 Å². The van der Waals surface area contributed by atoms with Gasteiger partial charge in [0.2, 0.25) is 0 Å². The predicted molar refractivity (Wildman–Crippen MR) is 107 cm³/mol. The maximum Gasteiger partial charge on any atom is 0.0515 e. The highest BCUT2D eigenvalue weighted by molar-refractivity contribution is 6.30. The molecule has 0 aliphatic carbocycles. The van der Waals surface area contributed by atoms with E-state index < -0.39 is 0 Å². The van der Waals surface area contributed by atoms with Gasteiger partial charge in [-0.3, -0.25) is 4.90 Å². The van der Waals surface area contributed by atoms with Crippen LogP contribution in [0.2, 0.25) is 5.02 Å². The Morgan fingerprint density at radius 2 is 1.88 bits per heavy atom. The van der Waals surface area contributed by atoms with Gasteiger partial charge in [0.15, 0.2) is 0 Å². The van der Waals surface area contributed by atoms with Gasteiger partial charge < -0.3 is 4.57 Å². The van der Waals surface area contributed by atoms with Crippen LogP contribution in [0.5, 0.6) is 0 Å². The molecule has 1 aliphatic heterocycles. The SMILES string of the molecule is Cc1cccc2c3c(n(CCc4ccc(Cl)cc4)c12)CCN(C)C3C. The van der Waals surface area contributed by atoms with Crippen molar-refractivity contribution in [2.45, 2.75) is 39.3 Å². The first-order valence-corrected chi connectivity index (χ1v) is 9.49. The molecule has 0 radical (unpaired) electrons. The molecule has 3 aromatic rings. The van der Waals surface area contributed by atoms with Crippen molar-refractivity contribution in [3.8, 4) is 0 Å². The molecule has 0 bridgehead atoms. The molecule has 3 heteroatoms. The van der Waals surface area contributed by atoms with Gasteiger partial charge in [-0.15, -0.1) is 0 Å². The van der Waals surface area contributed by atoms with Crippen molar-refractivity contribution in [1.29, 1.82) is 0 Å². The number of aromatic nitrogens is 1. The molecule has 0 amide bonds. The van der Waals surface area contributed by atoms with Crippen molar-refractivity contribution >= 4 is 22.5 Å². The van der Waals surface area contributed by atoms with Gasteiger partial charge in [0.05, 0.1) is 5.52 Å². The van der Waals surface area contributed by atoms with E-state index in [1.54, 1.807) is 0 Å². The minimum atomic E-state index is 0.477. The van der Waals surface area contributed by atoms with Crippen LogP contribution in [0.25, 0.3) is 10.9 Å². The standard InChI is InChI=1S/C22H25ClN2/c1-15-5-4-6-19-21-16(2)24(3)13-12-20(21)25(22(15)19)14-11-17-7-9-18(23)10-8-17/h4-10,16H,11-14H2,1-3H3. The van der Waals surface area contributed by atoms with Crippen LogP contribution in [0.4, 0.5) is 0 Å². The van der Waals surface area contributed by atoms with Crippen molar-refractivity contribution in [3.05, 3.63) is 69.9 Å². The summed E-state index contributed by atoms with van der Waals surface area (Å²) < 4.78 is 2.58. The Labute approximate surface area is 155 Å². The number of rotatable bonds is 3. The highest BCUT2D eigenvalue weighted by Crippen LogP contribution is 2.38. The van der Waals surface area contributed by atoms with Crippen molar-refractivity contribution in [2.75, 3.05) is 13.6 Å². The molecular formula is C22H25ClN2. The summed E-state index contributed by atoms with van der Waals surface area (Å²) in [5.41, 5.74) is 7.20. The fourth-order valence-electron chi connectivity index (χ4n) is 4.24. The zero-order valence-corrected chi connectivity index (χ0v) is 16.0. The van der Waals surface area contributed by atoms with Crippen LogP contribution >= 0.6 is 11.6 Å². The molecule has 130 valence electrons. The number of fused-ring (bicyclic) bond motifs is 3. The van der Waals surface area contributed by atoms with Gasteiger partial charge in [0.1, 0.15) is 0 Å². The molecule has 0 saturated heterocycles. The average molecular weight is 353 g/mol. The van der Waals surface area contributed by atoms with Crippen molar-refractivity contribution < 1.29 is 0 Å². The highest BCUT2D eigenvalue weighted by Gasteiger charge is 2.28. The number of nitrogens with zero attached hydrogens (tertiary/aromatic N) is 2. The normalized spacial score (nSPS) is 17.8. The molecule has 0 N–H and O–H groups in total. The molecule has 2 heterocycles. The van der Waals surface area contributed by atoms with E-state index in [9.17, 15) is 0 Å². The number of benzene rings is 2. The Bertz CT molecular complexity index is 908. The summed E-state index contributed by atoms with van der Waals surface area (Å²) in [4.78, 5) is 2.47. The molecule has 25 heavy (non-hydrogen) atoms. The summed E-state index contributed by atoms with van der Waals surface area (Å²) in [6.45, 7) is 6.73. The van der Waals surface area contributed by atoms with Gasteiger partial charge in [-0.1, -0.05) is 41.9 Å². The van der Waals surface area contributed by atoms with Gasteiger partial charge in [0.25, 0.3) is 0 Å². The van der Waals surface area contributed by atoms with E-state index in [1.165, 1.54) is 33.3 Å². The van der Waals surface area contributed by atoms with Gasteiger partial charge in [-0.2, -0.15) is 0 Å². The summed E-state index contributed by atoms with van der Waals surface area (Å²) in [6, 6.07) is 15.5. The highest BCUT2D eigenvalue weighted by atomic mass is 35.5. The Morgan fingerprint density at radius 3 is 2.64 bits per heavy atom. The second-order valence-electron chi connectivity index (χ2n) is 7.27. The quantitative estimate of drug-likeness (QED) is 0.613. The smallest absolute Gasteiger partial charge is 0.0515 e. The maximum atomic E-state index is 6.02. The van der Waals surface area contributed by atoms with E-state index in [4.69, 9.17) is 11.6 Å². The molecule has 1 atom stereocenters.